The molecule has 0 atom stereocenters. The van der Waals surface area contributed by atoms with Gasteiger partial charge in [-0.25, -0.2) is 0 Å². The first-order valence-corrected chi connectivity index (χ1v) is 6.81. The van der Waals surface area contributed by atoms with Crippen LogP contribution in [0, 0.1) is 0 Å². The number of rotatable bonds is 7. The fraction of sp³-hybridized carbons (Fsp3) is 0.294. The fourth-order valence-corrected chi connectivity index (χ4v) is 2.15. The van der Waals surface area contributed by atoms with Gasteiger partial charge in [0, 0.05) is 7.11 Å². The van der Waals surface area contributed by atoms with Crippen LogP contribution in [0.5, 0.6) is 5.75 Å². The lowest BCUT2D eigenvalue weighted by Gasteiger charge is -2.11. The van der Waals surface area contributed by atoms with E-state index in [0.29, 0.717) is 19.8 Å². The van der Waals surface area contributed by atoms with E-state index in [1.165, 1.54) is 11.1 Å². The molecule has 2 aromatic rings. The first-order valence-electron chi connectivity index (χ1n) is 6.81. The average Bonchev–Trinajstić information content (AvgIpc) is 2.47. The zero-order valence-electron chi connectivity index (χ0n) is 11.8. The molecule has 20 heavy (non-hydrogen) atoms. The van der Waals surface area contributed by atoms with Crippen molar-refractivity contribution in [2.24, 2.45) is 5.73 Å². The highest BCUT2D eigenvalue weighted by atomic mass is 16.5. The third kappa shape index (κ3) is 4.08. The molecule has 0 aliphatic heterocycles. The van der Waals surface area contributed by atoms with Gasteiger partial charge in [-0.2, -0.15) is 0 Å². The summed E-state index contributed by atoms with van der Waals surface area (Å²) < 4.78 is 11.0. The molecular weight excluding hydrogens is 250 g/mol. The molecule has 0 amide bonds. The SMILES string of the molecule is COCc1cccc(OCc2ccccc2CCN)c1. The van der Waals surface area contributed by atoms with Gasteiger partial charge in [-0.15, -0.1) is 0 Å². The summed E-state index contributed by atoms with van der Waals surface area (Å²) in [5.74, 6) is 0.863. The number of nitrogens with two attached hydrogens (primary N) is 1. The first kappa shape index (κ1) is 14.6. The Morgan fingerprint density at radius 3 is 2.50 bits per heavy atom. The smallest absolute Gasteiger partial charge is 0.120 e. The van der Waals surface area contributed by atoms with Crippen molar-refractivity contribution in [1.82, 2.24) is 0 Å². The van der Waals surface area contributed by atoms with E-state index >= 15 is 0 Å². The largest absolute Gasteiger partial charge is 0.489 e. The van der Waals surface area contributed by atoms with Gasteiger partial charge in [-0.3, -0.25) is 0 Å². The van der Waals surface area contributed by atoms with Gasteiger partial charge in [0.15, 0.2) is 0 Å². The molecule has 2 N–H and O–H groups in total. The summed E-state index contributed by atoms with van der Waals surface area (Å²) in [7, 11) is 1.69. The third-order valence-electron chi connectivity index (χ3n) is 3.14. The Morgan fingerprint density at radius 2 is 1.75 bits per heavy atom. The van der Waals surface area contributed by atoms with Crippen LogP contribution in [0.25, 0.3) is 0 Å². The van der Waals surface area contributed by atoms with Crippen molar-refractivity contribution in [3.63, 3.8) is 0 Å². The molecule has 0 spiro atoms. The molecule has 0 saturated heterocycles. The van der Waals surface area contributed by atoms with E-state index in [1.54, 1.807) is 7.11 Å². The Kier molecular flexibility index (Phi) is 5.59. The van der Waals surface area contributed by atoms with Gasteiger partial charge in [0.1, 0.15) is 12.4 Å². The zero-order chi connectivity index (χ0) is 14.2. The van der Waals surface area contributed by atoms with Crippen LogP contribution in [-0.2, 0) is 24.4 Å². The van der Waals surface area contributed by atoms with E-state index in [9.17, 15) is 0 Å². The molecule has 2 rings (SSSR count). The Labute approximate surface area is 120 Å². The number of ether oxygens (including phenoxy) is 2. The predicted molar refractivity (Wildman–Crippen MR) is 80.7 cm³/mol. The average molecular weight is 271 g/mol. The van der Waals surface area contributed by atoms with Crippen LogP contribution in [0.4, 0.5) is 0 Å². The van der Waals surface area contributed by atoms with Crippen LogP contribution in [0.15, 0.2) is 48.5 Å². The van der Waals surface area contributed by atoms with Crippen LogP contribution in [0.3, 0.4) is 0 Å². The van der Waals surface area contributed by atoms with Gasteiger partial charge >= 0.3 is 0 Å². The van der Waals surface area contributed by atoms with Gasteiger partial charge in [0.05, 0.1) is 6.61 Å². The fourth-order valence-electron chi connectivity index (χ4n) is 2.15. The van der Waals surface area contributed by atoms with Crippen molar-refractivity contribution in [3.05, 3.63) is 65.2 Å². The second kappa shape index (κ2) is 7.68. The molecule has 0 aliphatic rings. The highest BCUT2D eigenvalue weighted by molar-refractivity contribution is 5.30. The quantitative estimate of drug-likeness (QED) is 0.842. The zero-order valence-corrected chi connectivity index (χ0v) is 11.8. The number of methoxy groups -OCH3 is 1. The highest BCUT2D eigenvalue weighted by Crippen LogP contribution is 2.17. The number of hydrogen-bond donors (Lipinski definition) is 1. The molecule has 0 radical (unpaired) electrons. The van der Waals surface area contributed by atoms with Crippen LogP contribution in [0.1, 0.15) is 16.7 Å². The molecule has 0 saturated carbocycles. The van der Waals surface area contributed by atoms with E-state index in [-0.39, 0.29) is 0 Å². The molecule has 3 nitrogen and oxygen atoms in total. The molecule has 3 heteroatoms. The van der Waals surface area contributed by atoms with Crippen molar-refractivity contribution in [3.8, 4) is 5.75 Å². The van der Waals surface area contributed by atoms with E-state index in [4.69, 9.17) is 15.2 Å². The summed E-state index contributed by atoms with van der Waals surface area (Å²) >= 11 is 0. The van der Waals surface area contributed by atoms with Gasteiger partial charge in [-0.05, 0) is 41.8 Å². The van der Waals surface area contributed by atoms with Gasteiger partial charge < -0.3 is 15.2 Å². The molecular formula is C17H21NO2. The van der Waals surface area contributed by atoms with E-state index in [1.807, 2.05) is 36.4 Å². The van der Waals surface area contributed by atoms with E-state index in [2.05, 4.69) is 12.1 Å². The second-order valence-corrected chi connectivity index (χ2v) is 4.68. The standard InChI is InChI=1S/C17H21NO2/c1-19-12-14-5-4-8-17(11-14)20-13-16-7-3-2-6-15(16)9-10-18/h2-8,11H,9-10,12-13,18H2,1H3. The van der Waals surface area contributed by atoms with Gasteiger partial charge in [-0.1, -0.05) is 36.4 Å². The van der Waals surface area contributed by atoms with Crippen LogP contribution >= 0.6 is 0 Å². The Morgan fingerprint density at radius 1 is 0.950 bits per heavy atom. The minimum atomic E-state index is 0.562. The molecule has 0 heterocycles. The molecule has 0 unspecified atom stereocenters. The highest BCUT2D eigenvalue weighted by Gasteiger charge is 2.03. The topological polar surface area (TPSA) is 44.5 Å². The molecule has 0 aromatic heterocycles. The summed E-state index contributed by atoms with van der Waals surface area (Å²) in [6.45, 7) is 1.81. The van der Waals surface area contributed by atoms with Crippen LogP contribution < -0.4 is 10.5 Å². The summed E-state index contributed by atoms with van der Waals surface area (Å²) in [5, 5.41) is 0. The Hall–Kier alpha value is -1.84. The monoisotopic (exact) mass is 271 g/mol. The van der Waals surface area contributed by atoms with Crippen molar-refractivity contribution in [2.45, 2.75) is 19.6 Å². The minimum absolute atomic E-state index is 0.562. The lowest BCUT2D eigenvalue weighted by Crippen LogP contribution is -2.07. The van der Waals surface area contributed by atoms with Crippen LogP contribution in [-0.4, -0.2) is 13.7 Å². The maximum atomic E-state index is 5.87. The summed E-state index contributed by atoms with van der Waals surface area (Å²) in [6.07, 6.45) is 0.878. The van der Waals surface area contributed by atoms with Crippen molar-refractivity contribution >= 4 is 0 Å². The number of benzene rings is 2. The van der Waals surface area contributed by atoms with Crippen molar-refractivity contribution < 1.29 is 9.47 Å². The molecule has 0 aliphatic carbocycles. The molecule has 0 bridgehead atoms. The van der Waals surface area contributed by atoms with Gasteiger partial charge in [0.25, 0.3) is 0 Å². The van der Waals surface area contributed by atoms with Crippen LogP contribution in [0.2, 0.25) is 0 Å². The summed E-state index contributed by atoms with van der Waals surface area (Å²) in [6, 6.07) is 16.2. The summed E-state index contributed by atoms with van der Waals surface area (Å²) in [5.41, 5.74) is 9.19. The third-order valence-corrected chi connectivity index (χ3v) is 3.14. The summed E-state index contributed by atoms with van der Waals surface area (Å²) in [4.78, 5) is 0. The molecule has 0 fully saturated rings. The minimum Gasteiger partial charge on any atom is -0.489 e. The maximum absolute atomic E-state index is 5.87. The second-order valence-electron chi connectivity index (χ2n) is 4.68. The van der Waals surface area contributed by atoms with Gasteiger partial charge in [0.2, 0.25) is 0 Å². The Balaban J connectivity index is 2.03. The van der Waals surface area contributed by atoms with E-state index in [0.717, 1.165) is 17.7 Å². The Bertz CT molecular complexity index is 540. The molecule has 2 aromatic carbocycles. The van der Waals surface area contributed by atoms with Crippen molar-refractivity contribution in [1.29, 1.82) is 0 Å². The lowest BCUT2D eigenvalue weighted by molar-refractivity contribution is 0.184. The van der Waals surface area contributed by atoms with E-state index < -0.39 is 0 Å². The lowest BCUT2D eigenvalue weighted by atomic mass is 10.1. The number of hydrogen-bond acceptors (Lipinski definition) is 3. The predicted octanol–water partition coefficient (Wildman–Crippen LogP) is 2.91. The normalized spacial score (nSPS) is 10.5. The maximum Gasteiger partial charge on any atom is 0.120 e. The van der Waals surface area contributed by atoms with Crippen molar-refractivity contribution in [2.75, 3.05) is 13.7 Å². The molecule has 106 valence electrons. The first-order chi connectivity index (χ1) is 9.83.